The van der Waals surface area contributed by atoms with Crippen LogP contribution in [0.1, 0.15) is 50.7 Å². The summed E-state index contributed by atoms with van der Waals surface area (Å²) in [7, 11) is 1.59. The molecule has 0 saturated carbocycles. The number of anilines is 2. The lowest BCUT2D eigenvalue weighted by atomic mass is 9.88. The van der Waals surface area contributed by atoms with Gasteiger partial charge in [0.05, 0.1) is 0 Å². The number of hydrogen-bond acceptors (Lipinski definition) is 4. The number of aromatic nitrogens is 3. The lowest BCUT2D eigenvalue weighted by Gasteiger charge is -2.24. The van der Waals surface area contributed by atoms with Gasteiger partial charge in [0.1, 0.15) is 11.3 Å². The molecule has 2 N–H and O–H groups in total. The predicted molar refractivity (Wildman–Crippen MR) is 138 cm³/mol. The van der Waals surface area contributed by atoms with Crippen molar-refractivity contribution in [2.24, 2.45) is 0 Å². The second-order valence-electron chi connectivity index (χ2n) is 8.99. The molecule has 0 saturated heterocycles. The quantitative estimate of drug-likeness (QED) is 0.392. The monoisotopic (exact) mass is 455 g/mol. The third-order valence-electron chi connectivity index (χ3n) is 5.95. The molecule has 0 aliphatic heterocycles. The molecule has 2 amide bonds. The third-order valence-corrected chi connectivity index (χ3v) is 5.95. The summed E-state index contributed by atoms with van der Waals surface area (Å²) in [5.41, 5.74) is 5.39. The number of H-pyrrole nitrogens is 1. The summed E-state index contributed by atoms with van der Waals surface area (Å²) < 4.78 is 0. The lowest BCUT2D eigenvalue weighted by Crippen LogP contribution is -2.35. The molecular weight excluding hydrogens is 426 g/mol. The van der Waals surface area contributed by atoms with Crippen LogP contribution >= 0.6 is 0 Å². The van der Waals surface area contributed by atoms with E-state index in [1.165, 1.54) is 4.90 Å². The number of carbonyl (C=O) groups excluding carboxylic acids is 1. The van der Waals surface area contributed by atoms with E-state index in [2.05, 4.69) is 60.1 Å². The van der Waals surface area contributed by atoms with E-state index in [1.54, 1.807) is 37.8 Å². The Morgan fingerprint density at radius 3 is 2.21 bits per heavy atom. The largest absolute Gasteiger partial charge is 0.326 e. The first-order valence-corrected chi connectivity index (χ1v) is 11.4. The van der Waals surface area contributed by atoms with Gasteiger partial charge in [-0.15, -0.1) is 0 Å². The maximum atomic E-state index is 13.3. The fourth-order valence-corrected chi connectivity index (χ4v) is 4.03. The number of rotatable bonds is 5. The molecular formula is C27H29N5O2. The first-order valence-electron chi connectivity index (χ1n) is 11.4. The van der Waals surface area contributed by atoms with Crippen molar-refractivity contribution in [3.05, 3.63) is 82.5 Å². The van der Waals surface area contributed by atoms with Crippen molar-refractivity contribution >= 4 is 28.4 Å². The average molecular weight is 456 g/mol. The van der Waals surface area contributed by atoms with Gasteiger partial charge < -0.3 is 10.3 Å². The Balaban J connectivity index is 1.75. The van der Waals surface area contributed by atoms with Crippen molar-refractivity contribution in [2.75, 3.05) is 17.3 Å². The van der Waals surface area contributed by atoms with Crippen molar-refractivity contribution in [3.8, 4) is 11.1 Å². The van der Waals surface area contributed by atoms with Gasteiger partial charge in [0.15, 0.2) is 0 Å². The molecule has 174 valence electrons. The SMILES string of the molecule is CC(C)c1cc(-c2ccncc2)cc(C(C)C)c1NC(=O)N(C)c1cc2cccnc2[nH]c1=O. The second-order valence-corrected chi connectivity index (χ2v) is 8.99. The van der Waals surface area contributed by atoms with E-state index in [1.807, 2.05) is 18.2 Å². The summed E-state index contributed by atoms with van der Waals surface area (Å²) in [6.07, 6.45) is 5.17. The molecule has 0 unspecified atom stereocenters. The smallest absolute Gasteiger partial charge is 0.307 e. The highest BCUT2D eigenvalue weighted by atomic mass is 16.2. The molecule has 3 aromatic heterocycles. The Morgan fingerprint density at radius 2 is 1.59 bits per heavy atom. The Bertz CT molecular complexity index is 1360. The van der Waals surface area contributed by atoms with Crippen LogP contribution in [-0.2, 0) is 0 Å². The molecule has 4 aromatic rings. The number of nitrogens with zero attached hydrogens (tertiary/aromatic N) is 3. The second kappa shape index (κ2) is 9.47. The highest BCUT2D eigenvalue weighted by Crippen LogP contribution is 2.37. The molecule has 0 aliphatic rings. The van der Waals surface area contributed by atoms with Gasteiger partial charge in [-0.05, 0) is 76.6 Å². The molecule has 0 fully saturated rings. The fourth-order valence-electron chi connectivity index (χ4n) is 4.03. The molecule has 0 radical (unpaired) electrons. The first kappa shape index (κ1) is 23.2. The number of carbonyl (C=O) groups is 1. The summed E-state index contributed by atoms with van der Waals surface area (Å²) in [6.45, 7) is 8.43. The lowest BCUT2D eigenvalue weighted by molar-refractivity contribution is 0.258. The Hall–Kier alpha value is -4.00. The number of fused-ring (bicyclic) bond motifs is 1. The van der Waals surface area contributed by atoms with Crippen LogP contribution < -0.4 is 15.8 Å². The van der Waals surface area contributed by atoms with Gasteiger partial charge >= 0.3 is 6.03 Å². The minimum absolute atomic E-state index is 0.176. The van der Waals surface area contributed by atoms with Gasteiger partial charge in [-0.2, -0.15) is 0 Å². The first-order chi connectivity index (χ1) is 16.3. The van der Waals surface area contributed by atoms with Gasteiger partial charge in [0.25, 0.3) is 5.56 Å². The van der Waals surface area contributed by atoms with E-state index < -0.39 is 0 Å². The highest BCUT2D eigenvalue weighted by molar-refractivity contribution is 6.03. The van der Waals surface area contributed by atoms with Crippen molar-refractivity contribution in [1.82, 2.24) is 15.0 Å². The molecule has 1 aromatic carbocycles. The van der Waals surface area contributed by atoms with E-state index in [9.17, 15) is 9.59 Å². The van der Waals surface area contributed by atoms with Gasteiger partial charge in [0, 0.05) is 36.7 Å². The number of urea groups is 1. The van der Waals surface area contributed by atoms with Crippen molar-refractivity contribution < 1.29 is 4.79 Å². The average Bonchev–Trinajstić information content (AvgIpc) is 2.83. The fraction of sp³-hybridized carbons (Fsp3) is 0.259. The summed E-state index contributed by atoms with van der Waals surface area (Å²) in [4.78, 5) is 38.4. The van der Waals surface area contributed by atoms with Crippen molar-refractivity contribution in [1.29, 1.82) is 0 Å². The summed E-state index contributed by atoms with van der Waals surface area (Å²) >= 11 is 0. The molecule has 34 heavy (non-hydrogen) atoms. The molecule has 0 bridgehead atoms. The number of benzene rings is 1. The maximum absolute atomic E-state index is 13.3. The number of aromatic amines is 1. The Kier molecular flexibility index (Phi) is 6.45. The van der Waals surface area contributed by atoms with E-state index in [0.29, 0.717) is 5.65 Å². The minimum atomic E-state index is -0.380. The van der Waals surface area contributed by atoms with Crippen LogP contribution in [0.2, 0.25) is 0 Å². The number of nitrogens with one attached hydrogen (secondary N) is 2. The van der Waals surface area contributed by atoms with Crippen LogP contribution in [0.25, 0.3) is 22.2 Å². The highest BCUT2D eigenvalue weighted by Gasteiger charge is 2.22. The normalized spacial score (nSPS) is 11.3. The van der Waals surface area contributed by atoms with E-state index >= 15 is 0 Å². The number of amides is 2. The predicted octanol–water partition coefficient (Wildman–Crippen LogP) is 5.90. The zero-order chi connectivity index (χ0) is 24.4. The van der Waals surface area contributed by atoms with E-state index in [-0.39, 0.29) is 29.1 Å². The van der Waals surface area contributed by atoms with Crippen LogP contribution in [0.4, 0.5) is 16.2 Å². The molecule has 0 atom stereocenters. The maximum Gasteiger partial charge on any atom is 0.326 e. The minimum Gasteiger partial charge on any atom is -0.307 e. The summed E-state index contributed by atoms with van der Waals surface area (Å²) in [6, 6.07) is 13.1. The molecule has 4 rings (SSSR count). The van der Waals surface area contributed by atoms with Gasteiger partial charge in [0.2, 0.25) is 0 Å². The molecule has 0 spiro atoms. The van der Waals surface area contributed by atoms with Crippen LogP contribution in [0.5, 0.6) is 0 Å². The zero-order valence-corrected chi connectivity index (χ0v) is 20.1. The molecule has 7 nitrogen and oxygen atoms in total. The Morgan fingerprint density at radius 1 is 0.941 bits per heavy atom. The summed E-state index contributed by atoms with van der Waals surface area (Å²) in [5.74, 6) is 0.352. The number of pyridine rings is 3. The van der Waals surface area contributed by atoms with Crippen LogP contribution in [0, 0.1) is 0 Å². The van der Waals surface area contributed by atoms with Gasteiger partial charge in [-0.25, -0.2) is 9.78 Å². The van der Waals surface area contributed by atoms with Crippen LogP contribution in [0.15, 0.2) is 65.8 Å². The van der Waals surface area contributed by atoms with Crippen molar-refractivity contribution in [3.63, 3.8) is 0 Å². The van der Waals surface area contributed by atoms with Gasteiger partial charge in [-0.1, -0.05) is 27.7 Å². The van der Waals surface area contributed by atoms with E-state index in [0.717, 1.165) is 33.3 Å². The summed E-state index contributed by atoms with van der Waals surface area (Å²) in [5, 5.41) is 3.85. The van der Waals surface area contributed by atoms with Crippen LogP contribution in [0.3, 0.4) is 0 Å². The molecule has 3 heterocycles. The Labute approximate surface area is 198 Å². The standard InChI is InChI=1S/C27H29N5O2/c1-16(2)21-13-20(18-8-11-28-12-9-18)14-22(17(3)4)24(21)30-27(34)32(5)23-15-19-7-6-10-29-25(19)31-26(23)33/h6-17H,1-5H3,(H,30,34)(H,29,31,33). The number of hydrogen-bond donors (Lipinski definition) is 2. The zero-order valence-electron chi connectivity index (χ0n) is 20.1. The molecule has 7 heteroatoms. The van der Waals surface area contributed by atoms with Gasteiger partial charge in [-0.3, -0.25) is 14.7 Å². The van der Waals surface area contributed by atoms with Crippen LogP contribution in [-0.4, -0.2) is 28.0 Å². The third kappa shape index (κ3) is 4.55. The topological polar surface area (TPSA) is 91.0 Å². The van der Waals surface area contributed by atoms with Crippen molar-refractivity contribution in [2.45, 2.75) is 39.5 Å². The van der Waals surface area contributed by atoms with E-state index in [4.69, 9.17) is 0 Å². The molecule has 0 aliphatic carbocycles.